The lowest BCUT2D eigenvalue weighted by molar-refractivity contribution is 0.0786. The second-order valence-corrected chi connectivity index (χ2v) is 16.9. The van der Waals surface area contributed by atoms with Gasteiger partial charge in [-0.3, -0.25) is 9.10 Å². The summed E-state index contributed by atoms with van der Waals surface area (Å²) >= 11 is 0. The summed E-state index contributed by atoms with van der Waals surface area (Å²) in [6, 6.07) is 14.6. The molecular formula is C31H45N3O3S2. The summed E-state index contributed by atoms with van der Waals surface area (Å²) in [5, 5.41) is 0.838. The Morgan fingerprint density at radius 1 is 1.00 bits per heavy atom. The normalized spacial score (nSPS) is 21.0. The molecule has 1 amide bonds. The molecule has 3 unspecified atom stereocenters. The van der Waals surface area contributed by atoms with Crippen molar-refractivity contribution in [2.24, 2.45) is 11.8 Å². The lowest BCUT2D eigenvalue weighted by atomic mass is 9.94. The third-order valence-corrected chi connectivity index (χ3v) is 13.9. The number of nitrogens with zero attached hydrogens (tertiary/aromatic N) is 3. The van der Waals surface area contributed by atoms with Gasteiger partial charge in [0.25, 0.3) is 15.9 Å². The highest BCUT2D eigenvalue weighted by Gasteiger charge is 2.35. The van der Waals surface area contributed by atoms with E-state index in [2.05, 4.69) is 50.4 Å². The van der Waals surface area contributed by atoms with Crippen LogP contribution in [-0.2, 0) is 10.0 Å². The third-order valence-electron chi connectivity index (χ3n) is 8.30. The van der Waals surface area contributed by atoms with Crippen LogP contribution in [0.15, 0.2) is 58.3 Å². The van der Waals surface area contributed by atoms with E-state index in [1.54, 1.807) is 42.3 Å². The van der Waals surface area contributed by atoms with E-state index in [-0.39, 0.29) is 16.5 Å². The van der Waals surface area contributed by atoms with Crippen LogP contribution >= 0.6 is 10.2 Å². The first-order valence-electron chi connectivity index (χ1n) is 14.2. The topological polar surface area (TPSA) is 62.6 Å². The minimum absolute atomic E-state index is 0.177. The second-order valence-electron chi connectivity index (χ2n) is 11.4. The van der Waals surface area contributed by atoms with Crippen molar-refractivity contribution < 1.29 is 13.2 Å². The maximum atomic E-state index is 14.1. The summed E-state index contributed by atoms with van der Waals surface area (Å²) in [6.07, 6.45) is 5.46. The summed E-state index contributed by atoms with van der Waals surface area (Å²) in [7, 11) is -3.53. The third kappa shape index (κ3) is 5.52. The van der Waals surface area contributed by atoms with Crippen LogP contribution in [0.4, 0.5) is 0 Å². The van der Waals surface area contributed by atoms with Gasteiger partial charge in [-0.2, -0.15) is 10.2 Å². The molecule has 0 radical (unpaired) electrons. The molecular weight excluding hydrogens is 526 g/mol. The first-order valence-corrected chi connectivity index (χ1v) is 17.8. The number of amides is 1. The number of hydrogen-bond acceptors (Lipinski definition) is 4. The Kier molecular flexibility index (Phi) is 8.89. The average molecular weight is 572 g/mol. The molecule has 1 aromatic heterocycles. The fourth-order valence-electron chi connectivity index (χ4n) is 5.97. The number of aromatic nitrogens is 1. The molecule has 2 aromatic carbocycles. The Morgan fingerprint density at radius 2 is 1.64 bits per heavy atom. The van der Waals surface area contributed by atoms with Crippen LogP contribution in [0, 0.1) is 18.8 Å². The lowest BCUT2D eigenvalue weighted by Crippen LogP contribution is -2.40. The van der Waals surface area contributed by atoms with Gasteiger partial charge >= 0.3 is 0 Å². The molecule has 0 aliphatic carbocycles. The van der Waals surface area contributed by atoms with Crippen molar-refractivity contribution in [2.75, 3.05) is 38.7 Å². The van der Waals surface area contributed by atoms with Crippen LogP contribution in [0.1, 0.15) is 63.0 Å². The molecule has 4 rings (SSSR count). The predicted octanol–water partition coefficient (Wildman–Crippen LogP) is 6.76. The maximum Gasteiger partial charge on any atom is 0.271 e. The smallest absolute Gasteiger partial charge is 0.271 e. The van der Waals surface area contributed by atoms with E-state index in [4.69, 9.17) is 0 Å². The van der Waals surface area contributed by atoms with Crippen molar-refractivity contribution in [1.82, 2.24) is 13.2 Å². The van der Waals surface area contributed by atoms with Gasteiger partial charge < -0.3 is 4.90 Å². The number of benzene rings is 2. The van der Waals surface area contributed by atoms with Gasteiger partial charge in [0, 0.05) is 37.0 Å². The van der Waals surface area contributed by atoms with Gasteiger partial charge in [-0.15, -0.1) is 0 Å². The van der Waals surface area contributed by atoms with Crippen LogP contribution in [-0.4, -0.2) is 66.2 Å². The summed E-state index contributed by atoms with van der Waals surface area (Å²) in [5.41, 5.74) is 1.52. The number of rotatable bonds is 9. The quantitative estimate of drug-likeness (QED) is 0.285. The van der Waals surface area contributed by atoms with Crippen LogP contribution in [0.25, 0.3) is 10.9 Å². The van der Waals surface area contributed by atoms with E-state index >= 15 is 0 Å². The first-order chi connectivity index (χ1) is 18.4. The van der Waals surface area contributed by atoms with Crippen LogP contribution < -0.4 is 0 Å². The highest BCUT2D eigenvalue weighted by Crippen LogP contribution is 2.57. The van der Waals surface area contributed by atoms with E-state index in [1.165, 1.54) is 15.3 Å². The second kappa shape index (κ2) is 11.7. The molecule has 1 saturated heterocycles. The number of carbonyl (C=O) groups is 1. The van der Waals surface area contributed by atoms with E-state index in [0.29, 0.717) is 23.9 Å². The van der Waals surface area contributed by atoms with Gasteiger partial charge in [-0.1, -0.05) is 52.3 Å². The van der Waals surface area contributed by atoms with E-state index < -0.39 is 20.2 Å². The van der Waals surface area contributed by atoms with Crippen LogP contribution in [0.5, 0.6) is 0 Å². The van der Waals surface area contributed by atoms with Gasteiger partial charge in [0.2, 0.25) is 0 Å². The molecule has 8 heteroatoms. The van der Waals surface area contributed by atoms with E-state index in [9.17, 15) is 13.2 Å². The van der Waals surface area contributed by atoms with Gasteiger partial charge in [0.1, 0.15) is 5.69 Å². The number of piperidine rings is 1. The zero-order valence-corrected chi connectivity index (χ0v) is 26.2. The minimum atomic E-state index is -4.00. The summed E-state index contributed by atoms with van der Waals surface area (Å²) in [5.74, 6) is 2.06. The number of unbranched alkanes of at least 4 members (excludes halogenated alkanes) is 1. The molecule has 6 nitrogen and oxygen atoms in total. The fraction of sp³-hybridized carbons (Fsp3) is 0.516. The molecule has 39 heavy (non-hydrogen) atoms. The number of aryl methyl sites for hydroxylation is 1. The Bertz CT molecular complexity index is 1420. The number of fused-ring (bicyclic) bond motifs is 1. The minimum Gasteiger partial charge on any atom is -0.340 e. The predicted molar refractivity (Wildman–Crippen MR) is 164 cm³/mol. The van der Waals surface area contributed by atoms with Crippen LogP contribution in [0.2, 0.25) is 0 Å². The highest BCUT2D eigenvalue weighted by molar-refractivity contribution is 8.31. The summed E-state index contributed by atoms with van der Waals surface area (Å²) < 4.78 is 32.1. The molecule has 3 atom stereocenters. The maximum absolute atomic E-state index is 14.1. The Morgan fingerprint density at radius 3 is 2.23 bits per heavy atom. The van der Waals surface area contributed by atoms with E-state index in [1.807, 2.05) is 13.0 Å². The van der Waals surface area contributed by atoms with Crippen molar-refractivity contribution in [3.8, 4) is 0 Å². The molecule has 0 N–H and O–H groups in total. The zero-order chi connectivity index (χ0) is 28.5. The molecule has 1 fully saturated rings. The highest BCUT2D eigenvalue weighted by atomic mass is 32.3. The van der Waals surface area contributed by atoms with Crippen molar-refractivity contribution in [2.45, 2.75) is 63.7 Å². The Hall–Kier alpha value is -2.29. The fourth-order valence-corrected chi connectivity index (χ4v) is 10.5. The molecule has 2 heterocycles. The van der Waals surface area contributed by atoms with Crippen molar-refractivity contribution in [1.29, 1.82) is 0 Å². The number of hydrogen-bond donors (Lipinski definition) is 0. The monoisotopic (exact) mass is 571 g/mol. The zero-order valence-electron chi connectivity index (χ0n) is 24.6. The molecule has 3 aromatic rings. The standard InChI is InChI=1S/C31H45N3O3S2/c1-8-10-18-32(6)31(35)30-25(5)28-20-27(38(7,9-2)33-21-23(3)19-24(4)22-33)16-17-29(28)34(30)39(36,37)26-14-12-11-13-15-26/h11-17,20,23-24H,8-10,18-19,21-22H2,1-7H3. The molecule has 0 saturated carbocycles. The van der Waals surface area contributed by atoms with Gasteiger partial charge in [-0.25, -0.2) is 12.4 Å². The van der Waals surface area contributed by atoms with Gasteiger partial charge in [-0.05, 0) is 79.5 Å². The SMILES string of the molecule is CCCCN(C)C(=O)c1c(C)c2cc(S(C)(CC)N3CC(C)CC(C)C3)ccc2n1S(=O)(=O)c1ccccc1. The Labute approximate surface area is 236 Å². The molecule has 1 aliphatic rings. The largest absolute Gasteiger partial charge is 0.340 e. The van der Waals surface area contributed by atoms with Gasteiger partial charge in [0.15, 0.2) is 0 Å². The van der Waals surface area contributed by atoms with Gasteiger partial charge in [0.05, 0.1) is 10.4 Å². The molecule has 0 bridgehead atoms. The number of carbonyl (C=O) groups excluding carboxylic acids is 1. The van der Waals surface area contributed by atoms with Crippen LogP contribution in [0.3, 0.4) is 0 Å². The summed E-state index contributed by atoms with van der Waals surface area (Å²) in [6.45, 7) is 13.7. The lowest BCUT2D eigenvalue weighted by Gasteiger charge is -2.50. The molecule has 214 valence electrons. The molecule has 0 spiro atoms. The molecule has 1 aliphatic heterocycles. The first kappa shape index (κ1) is 29.7. The van der Waals surface area contributed by atoms with Crippen molar-refractivity contribution >= 4 is 37.0 Å². The average Bonchev–Trinajstić information content (AvgIpc) is 3.23. The van der Waals surface area contributed by atoms with Crippen molar-refractivity contribution in [3.63, 3.8) is 0 Å². The van der Waals surface area contributed by atoms with Crippen molar-refractivity contribution in [3.05, 3.63) is 59.8 Å². The summed E-state index contributed by atoms with van der Waals surface area (Å²) in [4.78, 5) is 16.9. The Balaban J connectivity index is 1.93. The van der Waals surface area contributed by atoms with E-state index in [0.717, 1.165) is 42.6 Å².